The van der Waals surface area contributed by atoms with Gasteiger partial charge in [-0.2, -0.15) is 0 Å². The molecule has 0 unspecified atom stereocenters. The van der Waals surface area contributed by atoms with Crippen LogP contribution in [-0.2, 0) is 11.8 Å². The van der Waals surface area contributed by atoms with E-state index in [2.05, 4.69) is 38.7 Å². The Hall–Kier alpha value is -4.99. The van der Waals surface area contributed by atoms with Crippen LogP contribution in [0.2, 0.25) is 0 Å². The summed E-state index contributed by atoms with van der Waals surface area (Å²) >= 11 is 0. The number of imidazole rings is 1. The molecule has 0 spiro atoms. The summed E-state index contributed by atoms with van der Waals surface area (Å²) in [7, 11) is 1.97. The van der Waals surface area contributed by atoms with Crippen LogP contribution < -0.4 is 15.0 Å². The average Bonchev–Trinajstić information content (AvgIpc) is 3.33. The molecule has 1 fully saturated rings. The van der Waals surface area contributed by atoms with Gasteiger partial charge in [-0.15, -0.1) is 0 Å². The number of anilines is 3. The highest BCUT2D eigenvalue weighted by Gasteiger charge is 2.27. The SMILES string of the molecule is C=CC(=O)N1CCN(c2ccc3ncnc(Nc4ccc(Oc5ccc6c(c5)ncn6C)c(C)c4)c3n2)[C@@H](C)C1. The van der Waals surface area contributed by atoms with Crippen LogP contribution in [-0.4, -0.2) is 61.0 Å². The van der Waals surface area contributed by atoms with Gasteiger partial charge in [-0.05, 0) is 68.0 Å². The van der Waals surface area contributed by atoms with E-state index in [1.165, 1.54) is 12.4 Å². The summed E-state index contributed by atoms with van der Waals surface area (Å²) in [5, 5.41) is 3.41. The van der Waals surface area contributed by atoms with E-state index in [1.54, 1.807) is 6.33 Å². The normalized spacial score (nSPS) is 15.4. The number of benzene rings is 2. The van der Waals surface area contributed by atoms with Crippen molar-refractivity contribution in [3.05, 3.63) is 79.4 Å². The number of hydrogen-bond acceptors (Lipinski definition) is 8. The van der Waals surface area contributed by atoms with Crippen LogP contribution in [0.1, 0.15) is 12.5 Å². The summed E-state index contributed by atoms with van der Waals surface area (Å²) in [6.07, 6.45) is 4.70. The van der Waals surface area contributed by atoms with Crippen molar-refractivity contribution in [3.63, 3.8) is 0 Å². The van der Waals surface area contributed by atoms with E-state index in [9.17, 15) is 4.79 Å². The Balaban J connectivity index is 1.22. The number of amides is 1. The van der Waals surface area contributed by atoms with Gasteiger partial charge in [0.25, 0.3) is 0 Å². The molecule has 0 aliphatic carbocycles. The maximum atomic E-state index is 12.1. The highest BCUT2D eigenvalue weighted by atomic mass is 16.5. The fourth-order valence-electron chi connectivity index (χ4n) is 5.09. The zero-order chi connectivity index (χ0) is 27.8. The van der Waals surface area contributed by atoms with E-state index in [-0.39, 0.29) is 11.9 Å². The first-order valence-corrected chi connectivity index (χ1v) is 13.2. The molecule has 0 bridgehead atoms. The molecule has 0 radical (unpaired) electrons. The molecular formula is C30H30N8O2. The van der Waals surface area contributed by atoms with Crippen molar-refractivity contribution in [3.8, 4) is 11.5 Å². The minimum atomic E-state index is -0.0427. The van der Waals surface area contributed by atoms with Gasteiger partial charge in [-0.1, -0.05) is 6.58 Å². The lowest BCUT2D eigenvalue weighted by Gasteiger charge is -2.40. The van der Waals surface area contributed by atoms with Crippen molar-refractivity contribution < 1.29 is 9.53 Å². The third kappa shape index (κ3) is 4.79. The minimum Gasteiger partial charge on any atom is -0.457 e. The average molecular weight is 535 g/mol. The maximum Gasteiger partial charge on any atom is 0.246 e. The van der Waals surface area contributed by atoms with Gasteiger partial charge in [0, 0.05) is 44.5 Å². The molecule has 1 aliphatic rings. The maximum absolute atomic E-state index is 12.1. The van der Waals surface area contributed by atoms with Crippen molar-refractivity contribution in [2.24, 2.45) is 7.05 Å². The van der Waals surface area contributed by atoms with Gasteiger partial charge in [0.1, 0.15) is 29.2 Å². The van der Waals surface area contributed by atoms with E-state index in [0.29, 0.717) is 31.0 Å². The highest BCUT2D eigenvalue weighted by molar-refractivity contribution is 5.89. The molecule has 1 aliphatic heterocycles. The number of nitrogens with one attached hydrogen (secondary N) is 1. The second-order valence-corrected chi connectivity index (χ2v) is 10.0. The second-order valence-electron chi connectivity index (χ2n) is 10.0. The second kappa shape index (κ2) is 10.3. The standard InChI is InChI=1S/C30H30N8O2/c1-5-28(39)37-12-13-38(20(3)16-37)27-11-8-23-29(35-27)30(32-17-31-23)34-21-6-10-26(19(2)14-21)40-22-7-9-25-24(15-22)33-18-36(25)4/h5-11,14-15,17-18,20H,1,12-13,16H2,2-4H3,(H,31,32,34)/t20-/m0/s1. The number of piperazine rings is 1. The van der Waals surface area contributed by atoms with Gasteiger partial charge in [0.05, 0.1) is 22.9 Å². The number of hydrogen-bond donors (Lipinski definition) is 1. The first kappa shape index (κ1) is 25.3. The molecule has 40 heavy (non-hydrogen) atoms. The van der Waals surface area contributed by atoms with Gasteiger partial charge >= 0.3 is 0 Å². The lowest BCUT2D eigenvalue weighted by molar-refractivity contribution is -0.126. The summed E-state index contributed by atoms with van der Waals surface area (Å²) in [5.41, 5.74) is 5.20. The summed E-state index contributed by atoms with van der Waals surface area (Å²) in [6, 6.07) is 15.8. The molecule has 5 aromatic rings. The lowest BCUT2D eigenvalue weighted by Crippen LogP contribution is -2.53. The number of carbonyl (C=O) groups excluding carboxylic acids is 1. The Morgan fingerprint density at radius 2 is 1.95 bits per heavy atom. The number of carbonyl (C=O) groups is 1. The summed E-state index contributed by atoms with van der Waals surface area (Å²) < 4.78 is 8.15. The van der Waals surface area contributed by atoms with Gasteiger partial charge in [0.2, 0.25) is 5.91 Å². The van der Waals surface area contributed by atoms with Crippen molar-refractivity contribution in [1.29, 1.82) is 0 Å². The fraction of sp³-hybridized carbons (Fsp3) is 0.233. The van der Waals surface area contributed by atoms with Crippen LogP contribution in [0, 0.1) is 6.92 Å². The van der Waals surface area contributed by atoms with Crippen LogP contribution in [0.4, 0.5) is 17.3 Å². The molecule has 10 heteroatoms. The molecule has 0 saturated carbocycles. The Labute approximate surface area is 232 Å². The zero-order valence-corrected chi connectivity index (χ0v) is 22.7. The number of aromatic nitrogens is 5. The quantitative estimate of drug-likeness (QED) is 0.305. The number of rotatable bonds is 6. The van der Waals surface area contributed by atoms with Crippen molar-refractivity contribution in [2.75, 3.05) is 29.9 Å². The molecule has 10 nitrogen and oxygen atoms in total. The van der Waals surface area contributed by atoms with Crippen molar-refractivity contribution in [2.45, 2.75) is 19.9 Å². The number of fused-ring (bicyclic) bond motifs is 2. The molecule has 4 heterocycles. The summed E-state index contributed by atoms with van der Waals surface area (Å²) in [5.74, 6) is 2.90. The fourth-order valence-corrected chi connectivity index (χ4v) is 5.09. The molecule has 1 atom stereocenters. The lowest BCUT2D eigenvalue weighted by atomic mass is 10.1. The first-order chi connectivity index (χ1) is 19.4. The largest absolute Gasteiger partial charge is 0.457 e. The van der Waals surface area contributed by atoms with Crippen LogP contribution >= 0.6 is 0 Å². The van der Waals surface area contributed by atoms with E-state index in [0.717, 1.165) is 45.1 Å². The topological polar surface area (TPSA) is 101 Å². The predicted octanol–water partition coefficient (Wildman–Crippen LogP) is 4.98. The predicted molar refractivity (Wildman–Crippen MR) is 156 cm³/mol. The molecular weight excluding hydrogens is 504 g/mol. The Morgan fingerprint density at radius 3 is 2.75 bits per heavy atom. The molecule has 2 aromatic carbocycles. The van der Waals surface area contributed by atoms with Crippen LogP contribution in [0.15, 0.2) is 73.8 Å². The third-order valence-electron chi connectivity index (χ3n) is 7.24. The number of pyridine rings is 1. The van der Waals surface area contributed by atoms with Gasteiger partial charge in [-0.25, -0.2) is 19.9 Å². The van der Waals surface area contributed by atoms with Gasteiger partial charge < -0.3 is 24.4 Å². The zero-order valence-electron chi connectivity index (χ0n) is 22.7. The molecule has 6 rings (SSSR count). The summed E-state index contributed by atoms with van der Waals surface area (Å²) in [6.45, 7) is 9.63. The Bertz CT molecular complexity index is 1750. The highest BCUT2D eigenvalue weighted by Crippen LogP contribution is 2.31. The monoisotopic (exact) mass is 534 g/mol. The third-order valence-corrected chi connectivity index (χ3v) is 7.24. The number of nitrogens with zero attached hydrogens (tertiary/aromatic N) is 7. The molecule has 1 saturated heterocycles. The van der Waals surface area contributed by atoms with Crippen LogP contribution in [0.25, 0.3) is 22.1 Å². The minimum absolute atomic E-state index is 0.0427. The number of aryl methyl sites for hydroxylation is 2. The molecule has 1 amide bonds. The molecule has 1 N–H and O–H groups in total. The van der Waals surface area contributed by atoms with E-state index in [4.69, 9.17) is 9.72 Å². The Kier molecular flexibility index (Phi) is 6.51. The summed E-state index contributed by atoms with van der Waals surface area (Å²) in [4.78, 5) is 34.4. The van der Waals surface area contributed by atoms with E-state index >= 15 is 0 Å². The van der Waals surface area contributed by atoms with Gasteiger partial charge in [0.15, 0.2) is 5.82 Å². The van der Waals surface area contributed by atoms with E-state index in [1.807, 2.05) is 72.0 Å². The number of ether oxygens (including phenoxy) is 1. The van der Waals surface area contributed by atoms with E-state index < -0.39 is 0 Å². The van der Waals surface area contributed by atoms with Gasteiger partial charge in [-0.3, -0.25) is 4.79 Å². The molecule has 202 valence electrons. The first-order valence-electron chi connectivity index (χ1n) is 13.2. The smallest absolute Gasteiger partial charge is 0.246 e. The molecule has 3 aromatic heterocycles. The van der Waals surface area contributed by atoms with Crippen molar-refractivity contribution in [1.82, 2.24) is 29.4 Å². The van der Waals surface area contributed by atoms with Crippen LogP contribution in [0.3, 0.4) is 0 Å². The Morgan fingerprint density at radius 1 is 1.07 bits per heavy atom. The van der Waals surface area contributed by atoms with Crippen molar-refractivity contribution >= 4 is 45.3 Å². The van der Waals surface area contributed by atoms with Crippen LogP contribution in [0.5, 0.6) is 11.5 Å².